The first-order valence-electron chi connectivity index (χ1n) is 4.93. The highest BCUT2D eigenvalue weighted by Crippen LogP contribution is 2.11. The lowest BCUT2D eigenvalue weighted by atomic mass is 9.99. The lowest BCUT2D eigenvalue weighted by Gasteiger charge is -2.06. The Morgan fingerprint density at radius 2 is 2.08 bits per heavy atom. The van der Waals surface area contributed by atoms with Crippen LogP contribution in [0, 0.1) is 17.8 Å². The second kappa shape index (κ2) is 7.67. The smallest absolute Gasteiger partial charge is 0.116 e. The van der Waals surface area contributed by atoms with Gasteiger partial charge in [0.15, 0.2) is 0 Å². The molecule has 0 aliphatic carbocycles. The van der Waals surface area contributed by atoms with Crippen molar-refractivity contribution in [2.24, 2.45) is 5.92 Å². The number of aliphatic carboxylic acids is 1. The quantitative estimate of drug-likeness (QED) is 0.474. The Bertz CT molecular complexity index is 198. The molecule has 0 aliphatic rings. The summed E-state index contributed by atoms with van der Waals surface area (Å²) in [6.07, 6.45) is 5.44. The van der Waals surface area contributed by atoms with Gasteiger partial charge in [-0.25, -0.2) is 0 Å². The van der Waals surface area contributed by atoms with Gasteiger partial charge in [0.05, 0.1) is 0 Å². The molecule has 0 rings (SSSR count). The van der Waals surface area contributed by atoms with Gasteiger partial charge in [-0.3, -0.25) is 0 Å². The van der Waals surface area contributed by atoms with E-state index in [-0.39, 0.29) is 5.92 Å². The van der Waals surface area contributed by atoms with E-state index in [1.54, 1.807) is 0 Å². The lowest BCUT2D eigenvalue weighted by Crippen LogP contribution is -2.19. The molecule has 0 spiro atoms. The van der Waals surface area contributed by atoms with Crippen molar-refractivity contribution >= 4 is 5.97 Å². The summed E-state index contributed by atoms with van der Waals surface area (Å²) in [6, 6.07) is 0. The summed E-state index contributed by atoms with van der Waals surface area (Å²) in [5.74, 6) is 3.75. The molecule has 0 heterocycles. The Morgan fingerprint density at radius 1 is 1.38 bits per heavy atom. The SMILES string of the molecule is CCCCCC(C#CC(=O)[O-])CC. The van der Waals surface area contributed by atoms with Crippen molar-refractivity contribution in [1.29, 1.82) is 0 Å². The largest absolute Gasteiger partial charge is 0.537 e. The number of hydrogen-bond acceptors (Lipinski definition) is 2. The molecule has 0 amide bonds. The standard InChI is InChI=1S/C11H18O2/c1-3-5-6-7-10(4-2)8-9-11(12)13/h10H,3-7H2,1-2H3,(H,12,13)/p-1. The van der Waals surface area contributed by atoms with E-state index in [1.165, 1.54) is 12.8 Å². The highest BCUT2D eigenvalue weighted by molar-refractivity contribution is 5.84. The first-order chi connectivity index (χ1) is 6.20. The highest BCUT2D eigenvalue weighted by atomic mass is 16.4. The zero-order valence-corrected chi connectivity index (χ0v) is 8.43. The van der Waals surface area contributed by atoms with Crippen LogP contribution in [0.25, 0.3) is 0 Å². The molecule has 2 nitrogen and oxygen atoms in total. The highest BCUT2D eigenvalue weighted by Gasteiger charge is 2.00. The van der Waals surface area contributed by atoms with Crippen molar-refractivity contribution in [3.8, 4) is 11.8 Å². The van der Waals surface area contributed by atoms with E-state index in [2.05, 4.69) is 18.8 Å². The third-order valence-electron chi connectivity index (χ3n) is 2.03. The topological polar surface area (TPSA) is 40.1 Å². The van der Waals surface area contributed by atoms with Gasteiger partial charge in [-0.2, -0.15) is 0 Å². The van der Waals surface area contributed by atoms with E-state index in [4.69, 9.17) is 0 Å². The molecule has 0 aromatic heterocycles. The predicted molar refractivity (Wildman–Crippen MR) is 50.7 cm³/mol. The van der Waals surface area contributed by atoms with Crippen molar-refractivity contribution in [2.45, 2.75) is 46.0 Å². The van der Waals surface area contributed by atoms with Gasteiger partial charge in [0, 0.05) is 5.92 Å². The molecule has 2 heteroatoms. The fourth-order valence-corrected chi connectivity index (χ4v) is 1.18. The predicted octanol–water partition coefficient (Wildman–Crippen LogP) is 1.35. The summed E-state index contributed by atoms with van der Waals surface area (Å²) in [5.41, 5.74) is 0. The second-order valence-electron chi connectivity index (χ2n) is 3.16. The van der Waals surface area contributed by atoms with Gasteiger partial charge in [0.1, 0.15) is 5.97 Å². The maximum Gasteiger partial charge on any atom is 0.116 e. The van der Waals surface area contributed by atoms with Crippen LogP contribution < -0.4 is 5.11 Å². The minimum absolute atomic E-state index is 0.226. The van der Waals surface area contributed by atoms with E-state index in [0.29, 0.717) is 0 Å². The average molecular weight is 181 g/mol. The van der Waals surface area contributed by atoms with E-state index >= 15 is 0 Å². The summed E-state index contributed by atoms with van der Waals surface area (Å²) >= 11 is 0. The molecular formula is C11H17O2-. The van der Waals surface area contributed by atoms with Crippen LogP contribution in [-0.2, 0) is 4.79 Å². The van der Waals surface area contributed by atoms with Gasteiger partial charge in [-0.05, 0) is 18.8 Å². The lowest BCUT2D eigenvalue weighted by molar-refractivity contribution is -0.295. The maximum absolute atomic E-state index is 10.1. The van der Waals surface area contributed by atoms with E-state index in [0.717, 1.165) is 19.3 Å². The van der Waals surface area contributed by atoms with Gasteiger partial charge >= 0.3 is 0 Å². The normalized spacial score (nSPS) is 11.5. The van der Waals surface area contributed by atoms with Crippen molar-refractivity contribution in [1.82, 2.24) is 0 Å². The van der Waals surface area contributed by atoms with Gasteiger partial charge in [0.2, 0.25) is 0 Å². The van der Waals surface area contributed by atoms with E-state index < -0.39 is 5.97 Å². The summed E-state index contributed by atoms with van der Waals surface area (Å²) in [4.78, 5) is 10.1. The van der Waals surface area contributed by atoms with Gasteiger partial charge in [-0.1, -0.05) is 39.0 Å². The van der Waals surface area contributed by atoms with E-state index in [1.807, 2.05) is 6.92 Å². The number of carboxylic acids is 1. The van der Waals surface area contributed by atoms with Crippen LogP contribution in [0.5, 0.6) is 0 Å². The Hall–Kier alpha value is -0.970. The van der Waals surface area contributed by atoms with Crippen LogP contribution in [-0.4, -0.2) is 5.97 Å². The summed E-state index contributed by atoms with van der Waals surface area (Å²) in [7, 11) is 0. The van der Waals surface area contributed by atoms with Gasteiger partial charge < -0.3 is 9.90 Å². The Balaban J connectivity index is 3.77. The van der Waals surface area contributed by atoms with Crippen LogP contribution in [0.4, 0.5) is 0 Å². The van der Waals surface area contributed by atoms with Crippen LogP contribution in [0.1, 0.15) is 46.0 Å². The van der Waals surface area contributed by atoms with Crippen LogP contribution in [0.3, 0.4) is 0 Å². The molecular weight excluding hydrogens is 164 g/mol. The molecule has 0 aromatic rings. The summed E-state index contributed by atoms with van der Waals surface area (Å²) in [5, 5.41) is 10.1. The number of carbonyl (C=O) groups excluding carboxylic acids is 1. The number of rotatable bonds is 5. The monoisotopic (exact) mass is 181 g/mol. The minimum atomic E-state index is -1.27. The first kappa shape index (κ1) is 12.0. The molecule has 0 aromatic carbocycles. The fourth-order valence-electron chi connectivity index (χ4n) is 1.18. The molecule has 0 radical (unpaired) electrons. The first-order valence-corrected chi connectivity index (χ1v) is 4.93. The zero-order valence-electron chi connectivity index (χ0n) is 8.43. The molecule has 13 heavy (non-hydrogen) atoms. The molecule has 0 bridgehead atoms. The van der Waals surface area contributed by atoms with Gasteiger partial charge in [0.25, 0.3) is 0 Å². The Labute approximate surface area is 80.3 Å². The maximum atomic E-state index is 10.1. The molecule has 0 saturated heterocycles. The van der Waals surface area contributed by atoms with Gasteiger partial charge in [-0.15, -0.1) is 0 Å². The van der Waals surface area contributed by atoms with Crippen LogP contribution in [0.15, 0.2) is 0 Å². The average Bonchev–Trinajstić information content (AvgIpc) is 2.10. The van der Waals surface area contributed by atoms with Crippen LogP contribution >= 0.6 is 0 Å². The minimum Gasteiger partial charge on any atom is -0.537 e. The number of carbonyl (C=O) groups is 1. The molecule has 1 atom stereocenters. The number of unbranched alkanes of at least 4 members (excludes halogenated alkanes) is 2. The second-order valence-corrected chi connectivity index (χ2v) is 3.16. The molecule has 0 N–H and O–H groups in total. The Kier molecular flexibility index (Phi) is 7.10. The molecule has 1 unspecified atom stereocenters. The fraction of sp³-hybridized carbons (Fsp3) is 0.727. The Morgan fingerprint density at radius 3 is 2.54 bits per heavy atom. The van der Waals surface area contributed by atoms with Crippen molar-refractivity contribution < 1.29 is 9.90 Å². The van der Waals surface area contributed by atoms with E-state index in [9.17, 15) is 9.90 Å². The number of carboxylic acid groups (broad SMARTS) is 1. The third-order valence-corrected chi connectivity index (χ3v) is 2.03. The zero-order chi connectivity index (χ0) is 10.1. The third kappa shape index (κ3) is 7.39. The summed E-state index contributed by atoms with van der Waals surface area (Å²) < 4.78 is 0. The van der Waals surface area contributed by atoms with Crippen molar-refractivity contribution in [2.75, 3.05) is 0 Å². The van der Waals surface area contributed by atoms with Crippen molar-refractivity contribution in [3.05, 3.63) is 0 Å². The molecule has 0 saturated carbocycles. The van der Waals surface area contributed by atoms with Crippen LogP contribution in [0.2, 0.25) is 0 Å². The van der Waals surface area contributed by atoms with Crippen molar-refractivity contribution in [3.63, 3.8) is 0 Å². The summed E-state index contributed by atoms with van der Waals surface area (Å²) in [6.45, 7) is 4.17. The molecule has 0 aliphatic heterocycles. The molecule has 0 fully saturated rings. The number of hydrogen-bond donors (Lipinski definition) is 0. The molecule has 74 valence electrons.